The Hall–Kier alpha value is -1.30. The number of nitrogens with zero attached hydrogens (tertiary/aromatic N) is 1. The molecule has 0 aromatic heterocycles. The Morgan fingerprint density at radius 1 is 1.10 bits per heavy atom. The Bertz CT molecular complexity index is 346. The molecule has 0 aromatic carbocycles. The summed E-state index contributed by atoms with van der Waals surface area (Å²) >= 11 is 0. The monoisotopic (exact) mass is 283 g/mol. The highest BCUT2D eigenvalue weighted by atomic mass is 16.4. The van der Waals surface area contributed by atoms with Crippen molar-refractivity contribution in [2.45, 2.75) is 44.6 Å². The molecule has 0 aromatic rings. The molecule has 4 N–H and O–H groups in total. The molecule has 0 unspecified atom stereocenters. The summed E-state index contributed by atoms with van der Waals surface area (Å²) in [5.41, 5.74) is 5.82. The number of amides is 2. The van der Waals surface area contributed by atoms with E-state index in [4.69, 9.17) is 10.8 Å². The number of rotatable bonds is 3. The van der Waals surface area contributed by atoms with Gasteiger partial charge in [-0.05, 0) is 44.4 Å². The van der Waals surface area contributed by atoms with Crippen molar-refractivity contribution < 1.29 is 14.7 Å². The van der Waals surface area contributed by atoms with Crippen LogP contribution in [0.15, 0.2) is 0 Å². The third-order valence-corrected chi connectivity index (χ3v) is 4.56. The van der Waals surface area contributed by atoms with Crippen LogP contribution in [-0.4, -0.2) is 47.7 Å². The van der Waals surface area contributed by atoms with Crippen molar-refractivity contribution >= 4 is 12.0 Å². The predicted octanol–water partition coefficient (Wildman–Crippen LogP) is 1.01. The second-order valence-corrected chi connectivity index (χ2v) is 6.07. The maximum Gasteiger partial charge on any atom is 0.317 e. The van der Waals surface area contributed by atoms with E-state index in [1.54, 1.807) is 0 Å². The van der Waals surface area contributed by atoms with E-state index >= 15 is 0 Å². The maximum atomic E-state index is 12.0. The highest BCUT2D eigenvalue weighted by Gasteiger charge is 2.27. The van der Waals surface area contributed by atoms with E-state index in [-0.39, 0.29) is 18.0 Å². The van der Waals surface area contributed by atoms with Crippen LogP contribution in [-0.2, 0) is 4.79 Å². The fraction of sp³-hybridized carbons (Fsp3) is 0.857. The van der Waals surface area contributed by atoms with E-state index in [1.807, 2.05) is 4.90 Å². The quantitative estimate of drug-likeness (QED) is 0.720. The van der Waals surface area contributed by atoms with Gasteiger partial charge < -0.3 is 21.1 Å². The van der Waals surface area contributed by atoms with Gasteiger partial charge in [-0.3, -0.25) is 4.79 Å². The number of hydrogen-bond donors (Lipinski definition) is 3. The molecule has 0 bridgehead atoms. The van der Waals surface area contributed by atoms with Crippen LogP contribution in [0.25, 0.3) is 0 Å². The minimum atomic E-state index is -0.683. The van der Waals surface area contributed by atoms with Gasteiger partial charge in [-0.2, -0.15) is 0 Å². The predicted molar refractivity (Wildman–Crippen MR) is 75.3 cm³/mol. The summed E-state index contributed by atoms with van der Waals surface area (Å²) in [6.07, 6.45) is 4.99. The van der Waals surface area contributed by atoms with Crippen LogP contribution in [0.2, 0.25) is 0 Å². The van der Waals surface area contributed by atoms with Crippen molar-refractivity contribution in [3.05, 3.63) is 0 Å². The number of nitrogens with one attached hydrogen (secondary N) is 1. The van der Waals surface area contributed by atoms with Gasteiger partial charge in [-0.1, -0.05) is 0 Å². The van der Waals surface area contributed by atoms with Crippen LogP contribution in [0.3, 0.4) is 0 Å². The maximum absolute atomic E-state index is 12.0. The minimum absolute atomic E-state index is 0.00254. The van der Waals surface area contributed by atoms with E-state index < -0.39 is 5.97 Å². The van der Waals surface area contributed by atoms with E-state index in [9.17, 15) is 9.59 Å². The molecule has 0 radical (unpaired) electrons. The third kappa shape index (κ3) is 4.10. The SMILES string of the molecule is NC1CCN(C(=O)NCC2CCC(C(=O)O)CC2)CC1. The van der Waals surface area contributed by atoms with Crippen LogP contribution in [0.5, 0.6) is 0 Å². The molecule has 20 heavy (non-hydrogen) atoms. The average Bonchev–Trinajstić information content (AvgIpc) is 2.46. The molecule has 1 saturated carbocycles. The number of carbonyl (C=O) groups excluding carboxylic acids is 1. The Morgan fingerprint density at radius 2 is 1.70 bits per heavy atom. The lowest BCUT2D eigenvalue weighted by molar-refractivity contribution is -0.143. The van der Waals surface area contributed by atoms with Gasteiger partial charge >= 0.3 is 12.0 Å². The van der Waals surface area contributed by atoms with E-state index in [2.05, 4.69) is 5.32 Å². The van der Waals surface area contributed by atoms with E-state index in [0.29, 0.717) is 12.5 Å². The van der Waals surface area contributed by atoms with Crippen LogP contribution < -0.4 is 11.1 Å². The average molecular weight is 283 g/mol. The first-order valence-corrected chi connectivity index (χ1v) is 7.57. The molecule has 2 fully saturated rings. The van der Waals surface area contributed by atoms with Crippen LogP contribution >= 0.6 is 0 Å². The number of nitrogens with two attached hydrogens (primary N) is 1. The lowest BCUT2D eigenvalue weighted by Crippen LogP contribution is -2.48. The highest BCUT2D eigenvalue weighted by molar-refractivity contribution is 5.74. The smallest absolute Gasteiger partial charge is 0.317 e. The lowest BCUT2D eigenvalue weighted by atomic mass is 9.82. The molecule has 6 nitrogen and oxygen atoms in total. The second-order valence-electron chi connectivity index (χ2n) is 6.07. The van der Waals surface area contributed by atoms with Gasteiger partial charge in [0.15, 0.2) is 0 Å². The second kappa shape index (κ2) is 6.92. The topological polar surface area (TPSA) is 95.7 Å². The molecule has 2 rings (SSSR count). The molecule has 1 aliphatic carbocycles. The summed E-state index contributed by atoms with van der Waals surface area (Å²) in [5, 5.41) is 11.9. The highest BCUT2D eigenvalue weighted by Crippen LogP contribution is 2.28. The minimum Gasteiger partial charge on any atom is -0.481 e. The fourth-order valence-electron chi connectivity index (χ4n) is 3.06. The normalized spacial score (nSPS) is 28.1. The largest absolute Gasteiger partial charge is 0.481 e. The van der Waals surface area contributed by atoms with Crippen molar-refractivity contribution in [2.24, 2.45) is 17.6 Å². The summed E-state index contributed by atoms with van der Waals surface area (Å²) in [7, 11) is 0. The Labute approximate surface area is 119 Å². The fourth-order valence-corrected chi connectivity index (χ4v) is 3.06. The molecule has 6 heteroatoms. The zero-order valence-electron chi connectivity index (χ0n) is 11.9. The molecule has 114 valence electrons. The number of carbonyl (C=O) groups is 2. The molecule has 1 heterocycles. The van der Waals surface area contributed by atoms with Crippen molar-refractivity contribution in [1.29, 1.82) is 0 Å². The van der Waals surface area contributed by atoms with Crippen molar-refractivity contribution in [3.8, 4) is 0 Å². The van der Waals surface area contributed by atoms with Crippen molar-refractivity contribution in [3.63, 3.8) is 0 Å². The molecule has 0 atom stereocenters. The van der Waals surface area contributed by atoms with Gasteiger partial charge in [0.05, 0.1) is 5.92 Å². The number of hydrogen-bond acceptors (Lipinski definition) is 3. The lowest BCUT2D eigenvalue weighted by Gasteiger charge is -2.31. The molecular weight excluding hydrogens is 258 g/mol. The molecular formula is C14H25N3O3. The van der Waals surface area contributed by atoms with Crippen molar-refractivity contribution in [1.82, 2.24) is 10.2 Å². The number of aliphatic carboxylic acids is 1. The molecule has 1 saturated heterocycles. The molecule has 1 aliphatic heterocycles. The molecule has 2 aliphatic rings. The van der Waals surface area contributed by atoms with Crippen LogP contribution in [0, 0.1) is 11.8 Å². The Balaban J connectivity index is 1.65. The van der Waals surface area contributed by atoms with Crippen molar-refractivity contribution in [2.75, 3.05) is 19.6 Å². The molecule has 2 amide bonds. The van der Waals surface area contributed by atoms with E-state index in [0.717, 1.165) is 51.6 Å². The summed E-state index contributed by atoms with van der Waals surface area (Å²) in [6, 6.07) is 0.225. The molecule has 0 spiro atoms. The van der Waals surface area contributed by atoms with Gasteiger partial charge in [0, 0.05) is 25.7 Å². The number of likely N-dealkylation sites (tertiary alicyclic amines) is 1. The number of carboxylic acids is 1. The van der Waals surface area contributed by atoms with Gasteiger partial charge in [0.25, 0.3) is 0 Å². The zero-order valence-corrected chi connectivity index (χ0v) is 11.9. The third-order valence-electron chi connectivity index (χ3n) is 4.56. The first-order chi connectivity index (χ1) is 9.56. The number of carboxylic acid groups (broad SMARTS) is 1. The first kappa shape index (κ1) is 15.1. The number of urea groups is 1. The van der Waals surface area contributed by atoms with Gasteiger partial charge in [-0.15, -0.1) is 0 Å². The summed E-state index contributed by atoms with van der Waals surface area (Å²) in [5.74, 6) is -0.454. The van der Waals surface area contributed by atoms with Crippen LogP contribution in [0.4, 0.5) is 4.79 Å². The van der Waals surface area contributed by atoms with Gasteiger partial charge in [0.1, 0.15) is 0 Å². The standard InChI is InChI=1S/C14H25N3O3/c15-12-5-7-17(8-6-12)14(20)16-9-10-1-3-11(4-2-10)13(18)19/h10-12H,1-9,15H2,(H,16,20)(H,18,19). The Morgan fingerprint density at radius 3 is 2.25 bits per heavy atom. The summed E-state index contributed by atoms with van der Waals surface area (Å²) in [4.78, 5) is 24.7. The van der Waals surface area contributed by atoms with E-state index in [1.165, 1.54) is 0 Å². The first-order valence-electron chi connectivity index (χ1n) is 7.57. The van der Waals surface area contributed by atoms with Gasteiger partial charge in [0.2, 0.25) is 0 Å². The Kier molecular flexibility index (Phi) is 5.23. The zero-order chi connectivity index (χ0) is 14.5. The summed E-state index contributed by atoms with van der Waals surface area (Å²) < 4.78 is 0. The van der Waals surface area contributed by atoms with Gasteiger partial charge in [-0.25, -0.2) is 4.79 Å². The summed E-state index contributed by atoms with van der Waals surface area (Å²) in [6.45, 7) is 2.13. The number of piperidine rings is 1. The van der Waals surface area contributed by atoms with Crippen LogP contribution in [0.1, 0.15) is 38.5 Å².